The minimum Gasteiger partial charge on any atom is -0.481 e. The van der Waals surface area contributed by atoms with Crippen LogP contribution in [0.25, 0.3) is 0 Å². The highest BCUT2D eigenvalue weighted by molar-refractivity contribution is 6.34. The third-order valence-corrected chi connectivity index (χ3v) is 4.72. The summed E-state index contributed by atoms with van der Waals surface area (Å²) in [6.45, 7) is 0.632. The van der Waals surface area contributed by atoms with Crippen LogP contribution in [-0.2, 0) is 16.0 Å². The molecule has 0 aliphatic carbocycles. The number of carboxylic acid groups (broad SMARTS) is 1. The summed E-state index contributed by atoms with van der Waals surface area (Å²) in [5.74, 6) is -1.22. The third-order valence-electron chi connectivity index (χ3n) is 4.39. The topological polar surface area (TPSA) is 86.7 Å². The summed E-state index contributed by atoms with van der Waals surface area (Å²) >= 11 is 6.19. The lowest BCUT2D eigenvalue weighted by atomic mass is 10.1. The average Bonchev–Trinajstić information content (AvgIpc) is 3.06. The Hall–Kier alpha value is -2.86. The number of carbonyl (C=O) groups is 3. The van der Waals surface area contributed by atoms with Crippen molar-refractivity contribution in [3.8, 4) is 0 Å². The Morgan fingerprint density at radius 1 is 1.19 bits per heavy atom. The molecule has 2 aromatic carbocycles. The molecule has 2 amide bonds. The number of nitrogens with one attached hydrogen (secondary N) is 1. The van der Waals surface area contributed by atoms with E-state index in [0.717, 1.165) is 12.0 Å². The Balaban J connectivity index is 1.77. The highest BCUT2D eigenvalue weighted by atomic mass is 35.5. The van der Waals surface area contributed by atoms with Gasteiger partial charge in [0, 0.05) is 30.8 Å². The van der Waals surface area contributed by atoms with Crippen LogP contribution in [0, 0.1) is 0 Å². The molecule has 140 valence electrons. The molecular formula is C20H19ClN2O4. The van der Waals surface area contributed by atoms with Crippen LogP contribution in [0.1, 0.15) is 35.2 Å². The number of hydrogen-bond donors (Lipinski definition) is 2. The highest BCUT2D eigenvalue weighted by Gasteiger charge is 2.23. The lowest BCUT2D eigenvalue weighted by Gasteiger charge is -2.17. The maximum Gasteiger partial charge on any atom is 0.303 e. The van der Waals surface area contributed by atoms with Crippen molar-refractivity contribution in [1.82, 2.24) is 0 Å². The van der Waals surface area contributed by atoms with Gasteiger partial charge in [0.1, 0.15) is 0 Å². The lowest BCUT2D eigenvalue weighted by Crippen LogP contribution is -2.24. The van der Waals surface area contributed by atoms with Crippen molar-refractivity contribution >= 4 is 40.8 Å². The number of aliphatic carboxylic acids is 1. The van der Waals surface area contributed by atoms with Crippen LogP contribution in [-0.4, -0.2) is 29.4 Å². The van der Waals surface area contributed by atoms with Gasteiger partial charge in [-0.25, -0.2) is 0 Å². The van der Waals surface area contributed by atoms with Crippen LogP contribution >= 0.6 is 11.6 Å². The summed E-state index contributed by atoms with van der Waals surface area (Å²) in [4.78, 5) is 37.0. The van der Waals surface area contributed by atoms with E-state index in [1.54, 1.807) is 41.3 Å². The normalized spacial score (nSPS) is 13.7. The second-order valence-electron chi connectivity index (χ2n) is 6.36. The predicted octanol–water partition coefficient (Wildman–Crippen LogP) is 3.74. The fraction of sp³-hybridized carbons (Fsp3) is 0.250. The fourth-order valence-electron chi connectivity index (χ4n) is 3.03. The van der Waals surface area contributed by atoms with Crippen LogP contribution < -0.4 is 10.2 Å². The number of amides is 2. The van der Waals surface area contributed by atoms with Crippen LogP contribution in [0.15, 0.2) is 42.5 Å². The van der Waals surface area contributed by atoms with Gasteiger partial charge in [0.2, 0.25) is 5.91 Å². The first kappa shape index (κ1) is 18.9. The van der Waals surface area contributed by atoms with Crippen molar-refractivity contribution in [2.75, 3.05) is 16.8 Å². The maximum absolute atomic E-state index is 12.7. The molecule has 1 heterocycles. The molecular weight excluding hydrogens is 368 g/mol. The summed E-state index contributed by atoms with van der Waals surface area (Å²) in [6, 6.07) is 12.0. The quantitative estimate of drug-likeness (QED) is 0.791. The number of benzene rings is 2. The number of aryl methyl sites for hydroxylation is 1. The molecule has 1 aliphatic rings. The standard InChI is InChI=1S/C20H19ClN2O4/c21-17-8-7-15(23-10-2-5-18(23)24)12-16(17)20(27)22-14-4-1-3-13(11-14)6-9-19(25)26/h1,3-4,7-8,11-12H,2,5-6,9-10H2,(H,22,27)(H,25,26). The third kappa shape index (κ3) is 4.65. The molecule has 1 aliphatic heterocycles. The Morgan fingerprint density at radius 2 is 2.00 bits per heavy atom. The first-order valence-corrected chi connectivity index (χ1v) is 9.04. The molecule has 6 nitrogen and oxygen atoms in total. The largest absolute Gasteiger partial charge is 0.481 e. The smallest absolute Gasteiger partial charge is 0.303 e. The first-order valence-electron chi connectivity index (χ1n) is 8.66. The minimum atomic E-state index is -0.871. The summed E-state index contributed by atoms with van der Waals surface area (Å²) in [5.41, 5.74) is 2.31. The summed E-state index contributed by atoms with van der Waals surface area (Å²) < 4.78 is 0. The van der Waals surface area contributed by atoms with Gasteiger partial charge in [-0.1, -0.05) is 23.7 Å². The molecule has 0 saturated carbocycles. The number of carboxylic acids is 1. The zero-order chi connectivity index (χ0) is 19.4. The molecule has 0 bridgehead atoms. The van der Waals surface area contributed by atoms with Gasteiger partial charge in [-0.2, -0.15) is 0 Å². The molecule has 3 rings (SSSR count). The van der Waals surface area contributed by atoms with E-state index in [9.17, 15) is 14.4 Å². The van der Waals surface area contributed by atoms with Gasteiger partial charge in [-0.15, -0.1) is 0 Å². The van der Waals surface area contributed by atoms with Crippen molar-refractivity contribution in [2.45, 2.75) is 25.7 Å². The molecule has 0 spiro atoms. The summed E-state index contributed by atoms with van der Waals surface area (Å²) in [6.07, 6.45) is 1.71. The summed E-state index contributed by atoms with van der Waals surface area (Å²) in [7, 11) is 0. The number of carbonyl (C=O) groups excluding carboxylic acids is 2. The van der Waals surface area contributed by atoms with E-state index in [1.807, 2.05) is 6.07 Å². The Morgan fingerprint density at radius 3 is 2.70 bits per heavy atom. The van der Waals surface area contributed by atoms with E-state index in [4.69, 9.17) is 16.7 Å². The van der Waals surface area contributed by atoms with E-state index in [-0.39, 0.29) is 23.8 Å². The van der Waals surface area contributed by atoms with Gasteiger partial charge in [-0.3, -0.25) is 14.4 Å². The van der Waals surface area contributed by atoms with Crippen LogP contribution in [0.5, 0.6) is 0 Å². The molecule has 2 aromatic rings. The Kier molecular flexibility index (Phi) is 5.76. The second kappa shape index (κ2) is 8.22. The van der Waals surface area contributed by atoms with E-state index in [2.05, 4.69) is 5.32 Å². The lowest BCUT2D eigenvalue weighted by molar-refractivity contribution is -0.137. The van der Waals surface area contributed by atoms with Crippen molar-refractivity contribution < 1.29 is 19.5 Å². The van der Waals surface area contributed by atoms with Crippen molar-refractivity contribution in [1.29, 1.82) is 0 Å². The fourth-order valence-corrected chi connectivity index (χ4v) is 3.23. The maximum atomic E-state index is 12.7. The van der Waals surface area contributed by atoms with Gasteiger partial charge < -0.3 is 15.3 Å². The zero-order valence-electron chi connectivity index (χ0n) is 14.6. The average molecular weight is 387 g/mol. The van der Waals surface area contributed by atoms with Gasteiger partial charge in [0.25, 0.3) is 5.91 Å². The molecule has 0 unspecified atom stereocenters. The van der Waals surface area contributed by atoms with Crippen molar-refractivity contribution in [2.24, 2.45) is 0 Å². The van der Waals surface area contributed by atoms with E-state index in [1.165, 1.54) is 0 Å². The van der Waals surface area contributed by atoms with Gasteiger partial charge in [-0.05, 0) is 48.7 Å². The Labute approximate surface area is 161 Å². The minimum absolute atomic E-state index is 0.0230. The number of halogens is 1. The Bertz CT molecular complexity index is 897. The van der Waals surface area contributed by atoms with Gasteiger partial charge in [0.15, 0.2) is 0 Å². The molecule has 2 N–H and O–H groups in total. The monoisotopic (exact) mass is 386 g/mol. The highest BCUT2D eigenvalue weighted by Crippen LogP contribution is 2.27. The van der Waals surface area contributed by atoms with Crippen LogP contribution in [0.4, 0.5) is 11.4 Å². The van der Waals surface area contributed by atoms with Crippen LogP contribution in [0.2, 0.25) is 5.02 Å². The van der Waals surface area contributed by atoms with Crippen molar-refractivity contribution in [3.63, 3.8) is 0 Å². The van der Waals surface area contributed by atoms with Crippen LogP contribution in [0.3, 0.4) is 0 Å². The SMILES string of the molecule is O=C(O)CCc1cccc(NC(=O)c2cc(N3CCCC3=O)ccc2Cl)c1. The van der Waals surface area contributed by atoms with E-state index in [0.29, 0.717) is 35.8 Å². The first-order chi connectivity index (χ1) is 12.9. The van der Waals surface area contributed by atoms with E-state index < -0.39 is 5.97 Å². The van der Waals surface area contributed by atoms with Gasteiger partial charge >= 0.3 is 5.97 Å². The molecule has 1 fully saturated rings. The van der Waals surface area contributed by atoms with E-state index >= 15 is 0 Å². The van der Waals surface area contributed by atoms with Gasteiger partial charge in [0.05, 0.1) is 10.6 Å². The molecule has 7 heteroatoms. The number of rotatable bonds is 6. The summed E-state index contributed by atoms with van der Waals surface area (Å²) in [5, 5.41) is 11.9. The molecule has 1 saturated heterocycles. The zero-order valence-corrected chi connectivity index (χ0v) is 15.3. The molecule has 0 radical (unpaired) electrons. The predicted molar refractivity (Wildman–Crippen MR) is 103 cm³/mol. The molecule has 0 atom stereocenters. The second-order valence-corrected chi connectivity index (χ2v) is 6.77. The number of nitrogens with zero attached hydrogens (tertiary/aromatic N) is 1. The molecule has 27 heavy (non-hydrogen) atoms. The molecule has 0 aromatic heterocycles. The van der Waals surface area contributed by atoms with Crippen molar-refractivity contribution in [3.05, 3.63) is 58.6 Å². The number of anilines is 2. The number of hydrogen-bond acceptors (Lipinski definition) is 3.